The van der Waals surface area contributed by atoms with E-state index in [4.69, 9.17) is 9.97 Å². The standard InChI is InChI=1S/C44H28N2/c1-2-8-29(9-3-1)30-14-18-33(19-15-30)44-45-42(36-22-24-40-34(26-36)20-16-31-10-4-6-12-38(31)40)28-43(46-44)37-23-25-41-35(27-37)21-17-32-11-5-7-13-39(32)41/h1-28H. The van der Waals surface area contributed by atoms with Crippen molar-refractivity contribution in [3.05, 3.63) is 170 Å². The lowest BCUT2D eigenvalue weighted by atomic mass is 9.97. The Morgan fingerprint density at radius 3 is 1.24 bits per heavy atom. The van der Waals surface area contributed by atoms with Crippen LogP contribution in [0.2, 0.25) is 0 Å². The Kier molecular flexibility index (Phi) is 6.17. The van der Waals surface area contributed by atoms with Gasteiger partial charge >= 0.3 is 0 Å². The van der Waals surface area contributed by atoms with Crippen LogP contribution in [-0.2, 0) is 0 Å². The largest absolute Gasteiger partial charge is 0.228 e. The summed E-state index contributed by atoms with van der Waals surface area (Å²) in [5.74, 6) is 0.712. The molecule has 1 heterocycles. The van der Waals surface area contributed by atoms with Gasteiger partial charge in [-0.2, -0.15) is 0 Å². The molecule has 0 bridgehead atoms. The molecule has 0 spiro atoms. The molecule has 0 saturated carbocycles. The Morgan fingerprint density at radius 1 is 0.261 bits per heavy atom. The van der Waals surface area contributed by atoms with Gasteiger partial charge in [0.25, 0.3) is 0 Å². The first-order chi connectivity index (χ1) is 22.8. The fourth-order valence-corrected chi connectivity index (χ4v) is 6.66. The SMILES string of the molecule is c1ccc(-c2ccc(-c3nc(-c4ccc5c(ccc6ccccc65)c4)cc(-c4ccc5c(ccc6ccccc65)c4)n3)cc2)cc1. The number of rotatable bonds is 4. The van der Waals surface area contributed by atoms with Crippen molar-refractivity contribution in [3.8, 4) is 45.0 Å². The van der Waals surface area contributed by atoms with Gasteiger partial charge in [0, 0.05) is 16.7 Å². The summed E-state index contributed by atoms with van der Waals surface area (Å²) in [4.78, 5) is 10.3. The van der Waals surface area contributed by atoms with Crippen LogP contribution in [-0.4, -0.2) is 9.97 Å². The topological polar surface area (TPSA) is 25.8 Å². The molecule has 0 atom stereocenters. The maximum atomic E-state index is 5.16. The van der Waals surface area contributed by atoms with Gasteiger partial charge < -0.3 is 0 Å². The molecule has 2 nitrogen and oxygen atoms in total. The van der Waals surface area contributed by atoms with Crippen molar-refractivity contribution in [3.63, 3.8) is 0 Å². The molecule has 2 heteroatoms. The second kappa shape index (κ2) is 10.8. The van der Waals surface area contributed by atoms with E-state index in [9.17, 15) is 0 Å². The van der Waals surface area contributed by atoms with Gasteiger partial charge in [0.2, 0.25) is 0 Å². The Hall–Kier alpha value is -6.12. The van der Waals surface area contributed by atoms with Crippen LogP contribution in [0.3, 0.4) is 0 Å². The lowest BCUT2D eigenvalue weighted by molar-refractivity contribution is 1.18. The van der Waals surface area contributed by atoms with Crippen molar-refractivity contribution in [2.24, 2.45) is 0 Å². The molecule has 0 aliphatic carbocycles. The molecule has 0 saturated heterocycles. The molecule has 0 amide bonds. The molecule has 0 N–H and O–H groups in total. The molecular formula is C44H28N2. The molecular weight excluding hydrogens is 556 g/mol. The van der Waals surface area contributed by atoms with Crippen molar-refractivity contribution >= 4 is 43.1 Å². The van der Waals surface area contributed by atoms with Crippen molar-refractivity contribution in [1.82, 2.24) is 9.97 Å². The average Bonchev–Trinajstić information content (AvgIpc) is 3.14. The third-order valence-corrected chi connectivity index (χ3v) is 9.06. The maximum Gasteiger partial charge on any atom is 0.160 e. The Bertz CT molecular complexity index is 2430. The van der Waals surface area contributed by atoms with Gasteiger partial charge in [0.05, 0.1) is 11.4 Å². The van der Waals surface area contributed by atoms with E-state index in [-0.39, 0.29) is 0 Å². The maximum absolute atomic E-state index is 5.16. The van der Waals surface area contributed by atoms with E-state index in [1.165, 1.54) is 54.2 Å². The minimum atomic E-state index is 0.712. The predicted octanol–water partition coefficient (Wildman–Crippen LogP) is 11.8. The van der Waals surface area contributed by atoms with Crippen LogP contribution in [0.15, 0.2) is 170 Å². The van der Waals surface area contributed by atoms with Gasteiger partial charge in [0.15, 0.2) is 5.82 Å². The summed E-state index contributed by atoms with van der Waals surface area (Å²) in [5.41, 5.74) is 7.30. The summed E-state index contributed by atoms with van der Waals surface area (Å²) < 4.78 is 0. The van der Waals surface area contributed by atoms with Crippen LogP contribution >= 0.6 is 0 Å². The van der Waals surface area contributed by atoms with Crippen molar-refractivity contribution in [2.45, 2.75) is 0 Å². The number of fused-ring (bicyclic) bond motifs is 6. The molecule has 0 aliphatic heterocycles. The molecule has 9 rings (SSSR count). The van der Waals surface area contributed by atoms with Crippen molar-refractivity contribution in [1.29, 1.82) is 0 Å². The summed E-state index contributed by atoms with van der Waals surface area (Å²) in [6, 6.07) is 60.4. The van der Waals surface area contributed by atoms with Gasteiger partial charge in [-0.25, -0.2) is 9.97 Å². The number of benzene rings is 8. The Labute approximate surface area is 267 Å². The third kappa shape index (κ3) is 4.60. The minimum absolute atomic E-state index is 0.712. The van der Waals surface area contributed by atoms with Crippen molar-refractivity contribution < 1.29 is 0 Å². The van der Waals surface area contributed by atoms with Crippen LogP contribution in [0.4, 0.5) is 0 Å². The molecule has 1 aromatic heterocycles. The van der Waals surface area contributed by atoms with Crippen LogP contribution in [0.1, 0.15) is 0 Å². The highest BCUT2D eigenvalue weighted by Crippen LogP contribution is 2.34. The number of aromatic nitrogens is 2. The highest BCUT2D eigenvalue weighted by atomic mass is 14.9. The molecule has 0 aliphatic rings. The summed E-state index contributed by atoms with van der Waals surface area (Å²) in [6.07, 6.45) is 0. The van der Waals surface area contributed by atoms with Crippen molar-refractivity contribution in [2.75, 3.05) is 0 Å². The number of nitrogens with zero attached hydrogens (tertiary/aromatic N) is 2. The Morgan fingerprint density at radius 2 is 0.674 bits per heavy atom. The molecule has 8 aromatic carbocycles. The molecule has 0 fully saturated rings. The smallest absolute Gasteiger partial charge is 0.160 e. The van der Waals surface area contributed by atoms with E-state index in [1.807, 2.05) is 6.07 Å². The van der Waals surface area contributed by atoms with Gasteiger partial charge in [-0.05, 0) is 72.4 Å². The first kappa shape index (κ1) is 26.3. The van der Waals surface area contributed by atoms with E-state index in [1.54, 1.807) is 0 Å². The normalized spacial score (nSPS) is 11.5. The fourth-order valence-electron chi connectivity index (χ4n) is 6.66. The highest BCUT2D eigenvalue weighted by molar-refractivity contribution is 6.09. The molecule has 0 unspecified atom stereocenters. The van der Waals surface area contributed by atoms with E-state index in [0.717, 1.165) is 28.1 Å². The van der Waals surface area contributed by atoms with E-state index in [0.29, 0.717) is 5.82 Å². The second-order valence-electron chi connectivity index (χ2n) is 11.9. The summed E-state index contributed by atoms with van der Waals surface area (Å²) in [5, 5.41) is 9.90. The predicted molar refractivity (Wildman–Crippen MR) is 194 cm³/mol. The van der Waals surface area contributed by atoms with Gasteiger partial charge in [-0.1, -0.05) is 152 Å². The van der Waals surface area contributed by atoms with Crippen LogP contribution in [0, 0.1) is 0 Å². The summed E-state index contributed by atoms with van der Waals surface area (Å²) in [7, 11) is 0. The number of hydrogen-bond acceptors (Lipinski definition) is 2. The lowest BCUT2D eigenvalue weighted by Gasteiger charge is -2.12. The van der Waals surface area contributed by atoms with Crippen LogP contribution in [0.5, 0.6) is 0 Å². The summed E-state index contributed by atoms with van der Waals surface area (Å²) >= 11 is 0. The quantitative estimate of drug-likeness (QED) is 0.192. The zero-order valence-electron chi connectivity index (χ0n) is 25.1. The van der Waals surface area contributed by atoms with Crippen LogP contribution in [0.25, 0.3) is 88.1 Å². The Balaban J connectivity index is 1.20. The van der Waals surface area contributed by atoms with E-state index < -0.39 is 0 Å². The molecule has 46 heavy (non-hydrogen) atoms. The molecule has 214 valence electrons. The average molecular weight is 585 g/mol. The molecule has 9 aromatic rings. The monoisotopic (exact) mass is 584 g/mol. The molecule has 0 radical (unpaired) electrons. The van der Waals surface area contributed by atoms with Gasteiger partial charge in [0.1, 0.15) is 0 Å². The third-order valence-electron chi connectivity index (χ3n) is 9.06. The first-order valence-corrected chi connectivity index (χ1v) is 15.7. The zero-order chi connectivity index (χ0) is 30.5. The van der Waals surface area contributed by atoms with E-state index in [2.05, 4.69) is 164 Å². The number of hydrogen-bond donors (Lipinski definition) is 0. The minimum Gasteiger partial charge on any atom is -0.228 e. The second-order valence-corrected chi connectivity index (χ2v) is 11.9. The first-order valence-electron chi connectivity index (χ1n) is 15.7. The van der Waals surface area contributed by atoms with E-state index >= 15 is 0 Å². The summed E-state index contributed by atoms with van der Waals surface area (Å²) in [6.45, 7) is 0. The van der Waals surface area contributed by atoms with Gasteiger partial charge in [-0.15, -0.1) is 0 Å². The lowest BCUT2D eigenvalue weighted by Crippen LogP contribution is -1.96. The highest BCUT2D eigenvalue weighted by Gasteiger charge is 2.13. The fraction of sp³-hybridized carbons (Fsp3) is 0. The zero-order valence-corrected chi connectivity index (χ0v) is 25.1. The van der Waals surface area contributed by atoms with Crippen LogP contribution < -0.4 is 0 Å². The van der Waals surface area contributed by atoms with Gasteiger partial charge in [-0.3, -0.25) is 0 Å².